The van der Waals surface area contributed by atoms with Crippen molar-refractivity contribution in [3.05, 3.63) is 24.3 Å². The highest BCUT2D eigenvalue weighted by Crippen LogP contribution is 2.30. The molecule has 0 saturated carbocycles. The minimum atomic E-state index is 0.336. The van der Waals surface area contributed by atoms with Crippen molar-refractivity contribution in [2.24, 2.45) is 11.8 Å². The maximum absolute atomic E-state index is 3.48. The molecule has 1 aliphatic rings. The highest BCUT2D eigenvalue weighted by atomic mass is 79.9. The summed E-state index contributed by atoms with van der Waals surface area (Å²) in [6.45, 7) is 0. The summed E-state index contributed by atoms with van der Waals surface area (Å²) in [6.07, 6.45) is 8.81. The van der Waals surface area contributed by atoms with Gasteiger partial charge in [-0.05, 0) is 0 Å². The quantitative estimate of drug-likeness (QED) is 0.450. The van der Waals surface area contributed by atoms with E-state index in [-0.39, 0.29) is 0 Å². The zero-order valence-electron chi connectivity index (χ0n) is 6.13. The van der Waals surface area contributed by atoms with Crippen LogP contribution >= 0.6 is 63.7 Å². The van der Waals surface area contributed by atoms with Crippen molar-refractivity contribution in [2.45, 2.75) is 7.47 Å². The van der Waals surface area contributed by atoms with E-state index in [1.165, 1.54) is 0 Å². The first-order chi connectivity index (χ1) is 5.61. The molecule has 68 valence electrons. The molecule has 0 heterocycles. The molecule has 0 N–H and O–H groups in total. The van der Waals surface area contributed by atoms with Crippen LogP contribution in [0.25, 0.3) is 0 Å². The molecule has 0 bridgehead atoms. The lowest BCUT2D eigenvalue weighted by Crippen LogP contribution is -2.10. The average Bonchev–Trinajstić information content (AvgIpc) is 2.04. The van der Waals surface area contributed by atoms with Gasteiger partial charge in [0.15, 0.2) is 0 Å². The monoisotopic (exact) mass is 420 g/mol. The fraction of sp³-hybridized carbons (Fsp3) is 0.500. The molecule has 4 heteroatoms. The molecule has 0 aromatic rings. The van der Waals surface area contributed by atoms with Gasteiger partial charge in [-0.15, -0.1) is 0 Å². The predicted octanol–water partition coefficient (Wildman–Crippen LogP) is 4.58. The Morgan fingerprint density at radius 3 is 1.08 bits per heavy atom. The minimum Gasteiger partial charge on any atom is -0.0790 e. The lowest BCUT2D eigenvalue weighted by atomic mass is 9.99. The Bertz CT molecular complexity index is 161. The molecule has 0 fully saturated rings. The highest BCUT2D eigenvalue weighted by molar-refractivity contribution is 9.25. The molecule has 0 aromatic carbocycles. The van der Waals surface area contributed by atoms with Crippen LogP contribution in [0.1, 0.15) is 0 Å². The molecule has 12 heavy (non-hydrogen) atoms. The third-order valence-electron chi connectivity index (χ3n) is 1.69. The minimum absolute atomic E-state index is 0.336. The van der Waals surface area contributed by atoms with Crippen LogP contribution in [-0.2, 0) is 0 Å². The van der Waals surface area contributed by atoms with E-state index in [9.17, 15) is 0 Å². The predicted molar refractivity (Wildman–Crippen MR) is 68.5 cm³/mol. The van der Waals surface area contributed by atoms with E-state index >= 15 is 0 Å². The molecule has 1 rings (SSSR count). The van der Waals surface area contributed by atoms with Crippen LogP contribution in [0.15, 0.2) is 24.3 Å². The van der Waals surface area contributed by atoms with Crippen LogP contribution in [0.2, 0.25) is 0 Å². The Hall–Kier alpha value is 1.40. The number of allylic oxidation sites excluding steroid dienone is 4. The number of rotatable bonds is 2. The maximum Gasteiger partial charge on any atom is 0.0794 e. The first-order valence-electron chi connectivity index (χ1n) is 3.54. The van der Waals surface area contributed by atoms with E-state index in [1.54, 1.807) is 0 Å². The van der Waals surface area contributed by atoms with Crippen LogP contribution < -0.4 is 0 Å². The molecule has 0 nitrogen and oxygen atoms in total. The number of alkyl halides is 4. The van der Waals surface area contributed by atoms with E-state index in [4.69, 9.17) is 0 Å². The number of hydrogen-bond acceptors (Lipinski definition) is 0. The van der Waals surface area contributed by atoms with Crippen molar-refractivity contribution < 1.29 is 0 Å². The molecule has 0 radical (unpaired) electrons. The van der Waals surface area contributed by atoms with Gasteiger partial charge in [-0.3, -0.25) is 0 Å². The summed E-state index contributed by atoms with van der Waals surface area (Å²) >= 11 is 13.9. The molecule has 1 aliphatic carbocycles. The summed E-state index contributed by atoms with van der Waals surface area (Å²) in [6, 6.07) is 0. The summed E-state index contributed by atoms with van der Waals surface area (Å²) in [4.78, 5) is 0. The van der Waals surface area contributed by atoms with Crippen molar-refractivity contribution in [3.8, 4) is 0 Å². The van der Waals surface area contributed by atoms with Crippen molar-refractivity contribution >= 4 is 63.7 Å². The molecule has 0 aliphatic heterocycles. The lowest BCUT2D eigenvalue weighted by molar-refractivity contribution is 0.824. The molecular formula is C8H8Br4. The van der Waals surface area contributed by atoms with Crippen molar-refractivity contribution in [2.75, 3.05) is 0 Å². The van der Waals surface area contributed by atoms with Gasteiger partial charge in [-0.1, -0.05) is 88.0 Å². The first kappa shape index (κ1) is 11.5. The van der Waals surface area contributed by atoms with Crippen molar-refractivity contribution in [1.29, 1.82) is 0 Å². The van der Waals surface area contributed by atoms with Gasteiger partial charge in [0.05, 0.1) is 7.47 Å². The summed E-state index contributed by atoms with van der Waals surface area (Å²) in [5.41, 5.74) is 0. The van der Waals surface area contributed by atoms with E-state index in [1.807, 2.05) is 0 Å². The zero-order valence-corrected chi connectivity index (χ0v) is 12.5. The topological polar surface area (TPSA) is 0 Å². The van der Waals surface area contributed by atoms with Crippen LogP contribution in [0.3, 0.4) is 0 Å². The zero-order chi connectivity index (χ0) is 9.14. The van der Waals surface area contributed by atoms with E-state index in [0.717, 1.165) is 0 Å². The smallest absolute Gasteiger partial charge is 0.0790 e. The van der Waals surface area contributed by atoms with E-state index in [2.05, 4.69) is 88.0 Å². The molecule has 0 aromatic heterocycles. The fourth-order valence-electron chi connectivity index (χ4n) is 0.977. The van der Waals surface area contributed by atoms with Crippen LogP contribution in [0, 0.1) is 11.8 Å². The molecule has 0 unspecified atom stereocenters. The Kier molecular flexibility index (Phi) is 5.09. The van der Waals surface area contributed by atoms with Gasteiger partial charge in [0.25, 0.3) is 0 Å². The Balaban J connectivity index is 2.54. The van der Waals surface area contributed by atoms with Gasteiger partial charge in [-0.25, -0.2) is 0 Å². The molecule has 0 spiro atoms. The van der Waals surface area contributed by atoms with Crippen molar-refractivity contribution in [3.63, 3.8) is 0 Å². The Morgan fingerprint density at radius 1 is 0.667 bits per heavy atom. The first-order valence-corrected chi connectivity index (χ1v) is 7.20. The van der Waals surface area contributed by atoms with Gasteiger partial charge < -0.3 is 0 Å². The lowest BCUT2D eigenvalue weighted by Gasteiger charge is -2.18. The summed E-state index contributed by atoms with van der Waals surface area (Å²) in [5.74, 6) is 0.917. The average molecular weight is 424 g/mol. The van der Waals surface area contributed by atoms with Crippen LogP contribution in [0.5, 0.6) is 0 Å². The van der Waals surface area contributed by atoms with Gasteiger partial charge in [0.2, 0.25) is 0 Å². The largest absolute Gasteiger partial charge is 0.0794 e. The van der Waals surface area contributed by atoms with Crippen LogP contribution in [0.4, 0.5) is 0 Å². The Labute approximate surface area is 106 Å². The van der Waals surface area contributed by atoms with Crippen LogP contribution in [-0.4, -0.2) is 7.47 Å². The van der Waals surface area contributed by atoms with Gasteiger partial charge in [0.1, 0.15) is 0 Å². The second kappa shape index (κ2) is 5.32. The second-order valence-corrected chi connectivity index (χ2v) is 9.00. The normalized spacial score (nSPS) is 28.8. The van der Waals surface area contributed by atoms with Gasteiger partial charge in [-0.2, -0.15) is 0 Å². The summed E-state index contributed by atoms with van der Waals surface area (Å²) in [5, 5.41) is 0. The summed E-state index contributed by atoms with van der Waals surface area (Å²) < 4.78 is 0.671. The third-order valence-corrected chi connectivity index (χ3v) is 4.13. The molecule has 0 saturated heterocycles. The fourth-order valence-corrected chi connectivity index (χ4v) is 2.39. The number of halogens is 4. The highest BCUT2D eigenvalue weighted by Gasteiger charge is 2.17. The number of hydrogen-bond donors (Lipinski definition) is 0. The summed E-state index contributed by atoms with van der Waals surface area (Å²) in [7, 11) is 0. The third kappa shape index (κ3) is 3.28. The van der Waals surface area contributed by atoms with Crippen molar-refractivity contribution in [1.82, 2.24) is 0 Å². The molecule has 0 atom stereocenters. The Morgan fingerprint density at radius 2 is 0.917 bits per heavy atom. The van der Waals surface area contributed by atoms with Gasteiger partial charge in [0, 0.05) is 11.8 Å². The molecule has 0 amide bonds. The van der Waals surface area contributed by atoms with Gasteiger partial charge >= 0.3 is 0 Å². The SMILES string of the molecule is BrC(Br)C1C=CC(C(Br)Br)C=C1. The van der Waals surface area contributed by atoms with E-state index < -0.39 is 0 Å². The van der Waals surface area contributed by atoms with E-state index in [0.29, 0.717) is 19.3 Å². The molecular weight excluding hydrogens is 416 g/mol. The second-order valence-electron chi connectivity index (χ2n) is 2.59. The maximum atomic E-state index is 3.48. The standard InChI is InChI=1S/C8H8Br4/c9-7(10)5-1-2-6(4-3-5)8(11)12/h1-8H.